The minimum atomic E-state index is -4.67. The quantitative estimate of drug-likeness (QED) is 0.318. The second-order valence-electron chi connectivity index (χ2n) is 0.448. The summed E-state index contributed by atoms with van der Waals surface area (Å²) >= 11 is 0. The Labute approximate surface area is 96.0 Å². The molecule has 0 aliphatic carbocycles. The van der Waals surface area contributed by atoms with Gasteiger partial charge in [-0.1, -0.05) is 0 Å². The van der Waals surface area contributed by atoms with Crippen molar-refractivity contribution in [2.75, 3.05) is 0 Å². The molecule has 0 saturated heterocycles. The molecule has 0 radical (unpaired) electrons. The predicted molar refractivity (Wildman–Crippen MR) is 23.8 cm³/mol. The summed E-state index contributed by atoms with van der Waals surface area (Å²) in [5.74, 6) is 0. The Hall–Kier alpha value is 2.03. The molecule has 0 aliphatic rings. The van der Waals surface area contributed by atoms with Crippen molar-refractivity contribution >= 4 is 27.5 Å². The molecular formula is H5KO4SSe. The number of hydrogen-bond donors (Lipinski definition) is 2. The SMILES string of the molecule is O=S(=O)(O)O.[H-].[K+].[SeH2]. The van der Waals surface area contributed by atoms with Gasteiger partial charge in [0.05, 0.1) is 0 Å². The van der Waals surface area contributed by atoms with Crippen LogP contribution in [0.5, 0.6) is 0 Å². The Morgan fingerprint density at radius 3 is 1.29 bits per heavy atom. The number of hydrogen-bond acceptors (Lipinski definition) is 2. The molecule has 0 unspecified atom stereocenters. The molecule has 0 aromatic rings. The number of rotatable bonds is 0. The van der Waals surface area contributed by atoms with Crippen LogP contribution >= 0.6 is 0 Å². The van der Waals surface area contributed by atoms with E-state index >= 15 is 0 Å². The molecule has 4 nitrogen and oxygen atoms in total. The van der Waals surface area contributed by atoms with Crippen molar-refractivity contribution in [2.45, 2.75) is 0 Å². The van der Waals surface area contributed by atoms with E-state index in [1.54, 1.807) is 0 Å². The van der Waals surface area contributed by atoms with Crippen LogP contribution in [-0.2, 0) is 10.4 Å². The Morgan fingerprint density at radius 1 is 1.29 bits per heavy atom. The molecule has 0 spiro atoms. The van der Waals surface area contributed by atoms with E-state index in [1.165, 1.54) is 0 Å². The average Bonchev–Trinajstić information content (AvgIpc) is 0.722. The van der Waals surface area contributed by atoms with Crippen molar-refractivity contribution in [1.82, 2.24) is 0 Å². The summed E-state index contributed by atoms with van der Waals surface area (Å²) in [6.45, 7) is 0. The van der Waals surface area contributed by atoms with Gasteiger partial charge in [0.15, 0.2) is 0 Å². The molecule has 0 aromatic carbocycles. The van der Waals surface area contributed by atoms with Crippen LogP contribution < -0.4 is 51.4 Å². The van der Waals surface area contributed by atoms with Gasteiger partial charge in [-0.05, 0) is 0 Å². The average molecular weight is 219 g/mol. The van der Waals surface area contributed by atoms with E-state index in [4.69, 9.17) is 17.5 Å². The first kappa shape index (κ1) is 16.0. The van der Waals surface area contributed by atoms with Crippen molar-refractivity contribution in [3.8, 4) is 0 Å². The third-order valence-corrected chi connectivity index (χ3v) is 0. The van der Waals surface area contributed by atoms with Gasteiger partial charge in [-0.3, -0.25) is 9.11 Å². The Morgan fingerprint density at radius 2 is 1.29 bits per heavy atom. The Kier molecular flexibility index (Phi) is 14.1. The van der Waals surface area contributed by atoms with Gasteiger partial charge < -0.3 is 1.43 Å². The van der Waals surface area contributed by atoms with E-state index in [0.29, 0.717) is 0 Å². The van der Waals surface area contributed by atoms with Gasteiger partial charge >= 0.3 is 78.9 Å². The van der Waals surface area contributed by atoms with Gasteiger partial charge in [0, 0.05) is 0 Å². The molecule has 0 fully saturated rings. The molecule has 0 aromatic heterocycles. The van der Waals surface area contributed by atoms with Crippen molar-refractivity contribution in [2.24, 2.45) is 0 Å². The summed E-state index contributed by atoms with van der Waals surface area (Å²) in [6.07, 6.45) is 0. The van der Waals surface area contributed by atoms with Crippen LogP contribution in [0.15, 0.2) is 0 Å². The minimum absolute atomic E-state index is 0. The second-order valence-corrected chi connectivity index (χ2v) is 1.34. The molecule has 0 bridgehead atoms. The molecule has 0 aliphatic heterocycles. The third kappa shape index (κ3) is 71.0. The first-order valence-corrected chi connectivity index (χ1v) is 2.10. The van der Waals surface area contributed by atoms with E-state index in [2.05, 4.69) is 0 Å². The zero-order valence-corrected chi connectivity index (χ0v) is 9.66. The van der Waals surface area contributed by atoms with Gasteiger partial charge in [0.2, 0.25) is 0 Å². The second kappa shape index (κ2) is 6.15. The van der Waals surface area contributed by atoms with Crippen LogP contribution in [0.4, 0.5) is 0 Å². The van der Waals surface area contributed by atoms with Gasteiger partial charge in [-0.25, -0.2) is 0 Å². The van der Waals surface area contributed by atoms with Crippen LogP contribution in [0.2, 0.25) is 0 Å². The summed E-state index contributed by atoms with van der Waals surface area (Å²) in [5, 5.41) is 0. The molecule has 2 N–H and O–H groups in total. The molecule has 7 heavy (non-hydrogen) atoms. The van der Waals surface area contributed by atoms with Crippen molar-refractivity contribution in [3.63, 3.8) is 0 Å². The van der Waals surface area contributed by atoms with Crippen molar-refractivity contribution in [1.29, 1.82) is 0 Å². The summed E-state index contributed by atoms with van der Waals surface area (Å²) < 4.78 is 31.6. The zero-order valence-electron chi connectivity index (χ0n) is 4.62. The molecule has 42 valence electrons. The molecule has 0 atom stereocenters. The van der Waals surface area contributed by atoms with E-state index in [9.17, 15) is 0 Å². The van der Waals surface area contributed by atoms with E-state index < -0.39 is 10.4 Å². The first-order chi connectivity index (χ1) is 2.00. The molecule has 0 saturated carbocycles. The van der Waals surface area contributed by atoms with Crippen LogP contribution in [-0.4, -0.2) is 34.6 Å². The van der Waals surface area contributed by atoms with E-state index in [0.717, 1.165) is 0 Å². The fraction of sp³-hybridized carbons (Fsp3) is 0. The predicted octanol–water partition coefficient (Wildman–Crippen LogP) is -4.45. The van der Waals surface area contributed by atoms with E-state index in [-0.39, 0.29) is 69.9 Å². The summed E-state index contributed by atoms with van der Waals surface area (Å²) in [4.78, 5) is 0. The summed E-state index contributed by atoms with van der Waals surface area (Å²) in [6, 6.07) is 0. The van der Waals surface area contributed by atoms with Gasteiger partial charge in [0.1, 0.15) is 0 Å². The Balaban J connectivity index is -0.0000000267. The maximum atomic E-state index is 8.74. The van der Waals surface area contributed by atoms with Crippen LogP contribution in [0.1, 0.15) is 1.43 Å². The summed E-state index contributed by atoms with van der Waals surface area (Å²) in [5.41, 5.74) is 0. The van der Waals surface area contributed by atoms with Crippen LogP contribution in [0.3, 0.4) is 0 Å². The van der Waals surface area contributed by atoms with Crippen molar-refractivity contribution < 1.29 is 70.3 Å². The molecule has 0 heterocycles. The summed E-state index contributed by atoms with van der Waals surface area (Å²) in [7, 11) is -4.67. The monoisotopic (exact) mass is 220 g/mol. The normalized spacial score (nSPS) is 8.29. The molecular weight excluding hydrogens is 214 g/mol. The zero-order chi connectivity index (χ0) is 4.50. The van der Waals surface area contributed by atoms with Gasteiger partial charge in [-0.15, -0.1) is 0 Å². The molecule has 7 heteroatoms. The van der Waals surface area contributed by atoms with Gasteiger partial charge in [0.25, 0.3) is 0 Å². The fourth-order valence-corrected chi connectivity index (χ4v) is 0. The third-order valence-electron chi connectivity index (χ3n) is 0. The molecule has 0 rings (SSSR count). The van der Waals surface area contributed by atoms with E-state index in [1.807, 2.05) is 0 Å². The standard InChI is InChI=1S/K.H2O4S.H2Se.H/c;1-5(2,3)4;;/h;(H2,1,2,3,4);1H2;/q+1;;;-1. The first-order valence-electron chi connectivity index (χ1n) is 0.698. The Bertz CT molecular complexity index is 99.2. The molecule has 0 amide bonds. The topological polar surface area (TPSA) is 74.6 Å². The fourth-order valence-electron chi connectivity index (χ4n) is 0. The van der Waals surface area contributed by atoms with Crippen LogP contribution in [0.25, 0.3) is 0 Å². The maximum absolute atomic E-state index is 8.74. The van der Waals surface area contributed by atoms with Crippen LogP contribution in [0, 0.1) is 0 Å². The van der Waals surface area contributed by atoms with Crippen molar-refractivity contribution in [3.05, 3.63) is 0 Å². The van der Waals surface area contributed by atoms with Gasteiger partial charge in [-0.2, -0.15) is 8.42 Å².